The Morgan fingerprint density at radius 3 is 2.83 bits per heavy atom. The molecule has 0 radical (unpaired) electrons. The molecule has 0 aliphatic rings. The van der Waals surface area contributed by atoms with Crippen molar-refractivity contribution in [1.29, 1.82) is 0 Å². The minimum absolute atomic E-state index is 0.0411. The topological polar surface area (TPSA) is 85.1 Å². The number of carbonyl (C=O) groups is 1. The zero-order valence-electron chi connectivity index (χ0n) is 12.6. The number of hydrogen-bond donors (Lipinski definition) is 1. The maximum Gasteiger partial charge on any atom is 0.270 e. The van der Waals surface area contributed by atoms with E-state index in [0.29, 0.717) is 5.13 Å². The lowest BCUT2D eigenvalue weighted by molar-refractivity contribution is -0.384. The molecule has 122 valence electrons. The summed E-state index contributed by atoms with van der Waals surface area (Å²) in [4.78, 5) is 27.0. The van der Waals surface area contributed by atoms with Crippen molar-refractivity contribution in [3.05, 3.63) is 62.7 Å². The van der Waals surface area contributed by atoms with Crippen LogP contribution >= 0.6 is 22.9 Å². The molecule has 0 atom stereocenters. The van der Waals surface area contributed by atoms with Gasteiger partial charge in [0.15, 0.2) is 5.13 Å². The number of anilines is 1. The van der Waals surface area contributed by atoms with E-state index >= 15 is 0 Å². The number of non-ortho nitro benzene ring substituents is 1. The number of amides is 1. The second kappa shape index (κ2) is 6.54. The van der Waals surface area contributed by atoms with Gasteiger partial charge in [-0.2, -0.15) is 0 Å². The normalized spacial score (nSPS) is 10.8. The Morgan fingerprint density at radius 2 is 2.12 bits per heavy atom. The van der Waals surface area contributed by atoms with Gasteiger partial charge in [-0.3, -0.25) is 20.2 Å². The lowest BCUT2D eigenvalue weighted by atomic mass is 10.2. The van der Waals surface area contributed by atoms with Crippen molar-refractivity contribution in [3.8, 4) is 0 Å². The molecule has 0 aliphatic carbocycles. The molecule has 8 heteroatoms. The summed E-state index contributed by atoms with van der Waals surface area (Å²) in [7, 11) is 0. The van der Waals surface area contributed by atoms with E-state index < -0.39 is 10.8 Å². The highest BCUT2D eigenvalue weighted by molar-refractivity contribution is 7.22. The van der Waals surface area contributed by atoms with Gasteiger partial charge < -0.3 is 0 Å². The lowest BCUT2D eigenvalue weighted by Gasteiger charge is -2.03. The molecule has 1 heterocycles. The molecule has 24 heavy (non-hydrogen) atoms. The van der Waals surface area contributed by atoms with Crippen LogP contribution in [-0.4, -0.2) is 15.8 Å². The van der Waals surface area contributed by atoms with Gasteiger partial charge in [0.25, 0.3) is 11.6 Å². The monoisotopic (exact) mass is 361 g/mol. The first kappa shape index (κ1) is 16.4. The molecular weight excluding hydrogens is 350 g/mol. The summed E-state index contributed by atoms with van der Waals surface area (Å²) in [6, 6.07) is 9.67. The quantitative estimate of drug-likeness (QED) is 0.540. The van der Waals surface area contributed by atoms with Crippen LogP contribution in [0.4, 0.5) is 10.8 Å². The molecule has 0 unspecified atom stereocenters. The number of nitrogens with zero attached hydrogens (tertiary/aromatic N) is 2. The van der Waals surface area contributed by atoms with Crippen LogP contribution in [0.3, 0.4) is 0 Å². The maximum absolute atomic E-state index is 12.4. The van der Waals surface area contributed by atoms with Crippen LogP contribution in [0.15, 0.2) is 36.4 Å². The fourth-order valence-electron chi connectivity index (χ4n) is 2.21. The molecule has 3 rings (SSSR count). The van der Waals surface area contributed by atoms with Gasteiger partial charge in [0.1, 0.15) is 0 Å². The standard InChI is InChI=1S/C16H12ClN3O3S/c1-2-9-3-6-13-14(7-9)24-16(18-13)19-15(21)11-8-10(20(22)23)4-5-12(11)17/h3-8H,2H2,1H3,(H,18,19,21). The van der Waals surface area contributed by atoms with Gasteiger partial charge in [0.05, 0.1) is 25.7 Å². The summed E-state index contributed by atoms with van der Waals surface area (Å²) >= 11 is 7.33. The highest BCUT2D eigenvalue weighted by Gasteiger charge is 2.17. The molecule has 1 aromatic heterocycles. The van der Waals surface area contributed by atoms with Crippen LogP contribution < -0.4 is 5.32 Å². The molecular formula is C16H12ClN3O3S. The summed E-state index contributed by atoms with van der Waals surface area (Å²) in [5.74, 6) is -0.529. The number of nitro benzene ring substituents is 1. The number of benzene rings is 2. The fraction of sp³-hybridized carbons (Fsp3) is 0.125. The Bertz CT molecular complexity index is 955. The number of aryl methyl sites for hydroxylation is 1. The molecule has 3 aromatic rings. The number of nitro groups is 1. The van der Waals surface area contributed by atoms with E-state index in [9.17, 15) is 14.9 Å². The van der Waals surface area contributed by atoms with Crippen molar-refractivity contribution >= 4 is 49.9 Å². The SMILES string of the molecule is CCc1ccc2nc(NC(=O)c3cc([N+](=O)[O-])ccc3Cl)sc2c1. The Morgan fingerprint density at radius 1 is 1.33 bits per heavy atom. The van der Waals surface area contributed by atoms with Gasteiger partial charge in [-0.15, -0.1) is 0 Å². The minimum atomic E-state index is -0.572. The fourth-order valence-corrected chi connectivity index (χ4v) is 3.34. The zero-order valence-corrected chi connectivity index (χ0v) is 14.1. The van der Waals surface area contributed by atoms with Gasteiger partial charge in [0.2, 0.25) is 0 Å². The van der Waals surface area contributed by atoms with E-state index in [2.05, 4.69) is 17.2 Å². The maximum atomic E-state index is 12.4. The van der Waals surface area contributed by atoms with Crippen LogP contribution in [0.25, 0.3) is 10.2 Å². The number of rotatable bonds is 4. The average molecular weight is 362 g/mol. The number of halogens is 1. The van der Waals surface area contributed by atoms with E-state index in [1.54, 1.807) is 0 Å². The molecule has 0 saturated heterocycles. The van der Waals surface area contributed by atoms with E-state index in [1.807, 2.05) is 18.2 Å². The van der Waals surface area contributed by atoms with Crippen LogP contribution in [0.5, 0.6) is 0 Å². The van der Waals surface area contributed by atoms with Gasteiger partial charge in [0, 0.05) is 12.1 Å². The number of aromatic nitrogens is 1. The molecule has 0 aliphatic heterocycles. The van der Waals surface area contributed by atoms with Crippen molar-refractivity contribution in [3.63, 3.8) is 0 Å². The van der Waals surface area contributed by atoms with Crippen LogP contribution in [0, 0.1) is 10.1 Å². The third kappa shape index (κ3) is 3.22. The molecule has 0 spiro atoms. The van der Waals surface area contributed by atoms with Crippen molar-refractivity contribution in [2.75, 3.05) is 5.32 Å². The number of carbonyl (C=O) groups excluding carboxylic acids is 1. The van der Waals surface area contributed by atoms with Crippen molar-refractivity contribution in [2.24, 2.45) is 0 Å². The van der Waals surface area contributed by atoms with Crippen molar-refractivity contribution in [2.45, 2.75) is 13.3 Å². The largest absolute Gasteiger partial charge is 0.298 e. The lowest BCUT2D eigenvalue weighted by Crippen LogP contribution is -2.12. The number of fused-ring (bicyclic) bond motifs is 1. The van der Waals surface area contributed by atoms with Crippen molar-refractivity contribution in [1.82, 2.24) is 4.98 Å². The second-order valence-electron chi connectivity index (χ2n) is 5.05. The summed E-state index contributed by atoms with van der Waals surface area (Å²) in [6.45, 7) is 2.06. The number of nitrogens with one attached hydrogen (secondary N) is 1. The summed E-state index contributed by atoms with van der Waals surface area (Å²) in [6.07, 6.45) is 0.915. The molecule has 1 amide bonds. The van der Waals surface area contributed by atoms with Gasteiger partial charge in [-0.25, -0.2) is 4.98 Å². The smallest absolute Gasteiger partial charge is 0.270 e. The predicted molar refractivity (Wildman–Crippen MR) is 95.1 cm³/mol. The predicted octanol–water partition coefficient (Wildman–Crippen LogP) is 4.67. The molecule has 0 bridgehead atoms. The van der Waals surface area contributed by atoms with Crippen molar-refractivity contribution < 1.29 is 9.72 Å². The summed E-state index contributed by atoms with van der Waals surface area (Å²) < 4.78 is 0.967. The Kier molecular flexibility index (Phi) is 4.46. The van der Waals surface area contributed by atoms with E-state index in [0.717, 1.165) is 22.7 Å². The third-order valence-electron chi connectivity index (χ3n) is 3.49. The second-order valence-corrected chi connectivity index (χ2v) is 6.49. The van der Waals surface area contributed by atoms with Gasteiger partial charge >= 0.3 is 0 Å². The van der Waals surface area contributed by atoms with Gasteiger partial charge in [-0.05, 0) is 30.2 Å². The molecule has 6 nitrogen and oxygen atoms in total. The first-order valence-electron chi connectivity index (χ1n) is 7.12. The highest BCUT2D eigenvalue weighted by Crippen LogP contribution is 2.28. The highest BCUT2D eigenvalue weighted by atomic mass is 35.5. The Labute approximate surface area is 146 Å². The van der Waals surface area contributed by atoms with Crippen LogP contribution in [-0.2, 0) is 6.42 Å². The number of hydrogen-bond acceptors (Lipinski definition) is 5. The minimum Gasteiger partial charge on any atom is -0.298 e. The van der Waals surface area contributed by atoms with Crippen LogP contribution in [0.1, 0.15) is 22.8 Å². The zero-order chi connectivity index (χ0) is 17.3. The van der Waals surface area contributed by atoms with Gasteiger partial charge in [-0.1, -0.05) is 35.9 Å². The first-order chi connectivity index (χ1) is 11.5. The molecule has 0 saturated carbocycles. The Balaban J connectivity index is 1.89. The first-order valence-corrected chi connectivity index (χ1v) is 8.32. The third-order valence-corrected chi connectivity index (χ3v) is 4.75. The van der Waals surface area contributed by atoms with E-state index in [4.69, 9.17) is 11.6 Å². The van der Waals surface area contributed by atoms with Crippen LogP contribution in [0.2, 0.25) is 5.02 Å². The number of thiazole rings is 1. The van der Waals surface area contributed by atoms with E-state index in [-0.39, 0.29) is 16.3 Å². The summed E-state index contributed by atoms with van der Waals surface area (Å²) in [5.41, 5.74) is 1.82. The van der Waals surface area contributed by atoms with E-state index in [1.165, 1.54) is 29.0 Å². The average Bonchev–Trinajstić information content (AvgIpc) is 2.95. The molecule has 0 fully saturated rings. The summed E-state index contributed by atoms with van der Waals surface area (Å²) in [5, 5.41) is 14.1. The molecule has 1 N–H and O–H groups in total. The Hall–Kier alpha value is -2.51. The molecule has 2 aromatic carbocycles.